The van der Waals surface area contributed by atoms with Gasteiger partial charge in [0.25, 0.3) is 0 Å². The lowest BCUT2D eigenvalue weighted by molar-refractivity contribution is 0.581. The third-order valence-electron chi connectivity index (χ3n) is 2.80. The van der Waals surface area contributed by atoms with Crippen molar-refractivity contribution in [2.45, 2.75) is 18.4 Å². The summed E-state index contributed by atoms with van der Waals surface area (Å²) in [5.74, 6) is -0.313. The Bertz CT molecular complexity index is 732. The highest BCUT2D eigenvalue weighted by molar-refractivity contribution is 7.89. The number of nitrogens with one attached hydrogen (secondary N) is 1. The van der Waals surface area contributed by atoms with Gasteiger partial charge in [0.05, 0.1) is 4.90 Å². The van der Waals surface area contributed by atoms with E-state index in [9.17, 15) is 12.8 Å². The molecule has 106 valence electrons. The van der Waals surface area contributed by atoms with Gasteiger partial charge in [-0.3, -0.25) is 0 Å². The molecule has 1 N–H and O–H groups in total. The standard InChI is InChI=1S/C14H13ClFNO2S/c1-10-7-11(5-6-14(10)16)9-17-20(18,19)13-4-2-3-12(15)8-13/h2-8,17H,9H2,1H3. The topological polar surface area (TPSA) is 46.2 Å². The second kappa shape index (κ2) is 5.91. The maximum Gasteiger partial charge on any atom is 0.240 e. The minimum absolute atomic E-state index is 0.0932. The van der Waals surface area contributed by atoms with E-state index in [0.717, 1.165) is 0 Å². The zero-order valence-electron chi connectivity index (χ0n) is 10.7. The summed E-state index contributed by atoms with van der Waals surface area (Å²) in [7, 11) is -3.63. The van der Waals surface area contributed by atoms with Gasteiger partial charge >= 0.3 is 0 Å². The van der Waals surface area contributed by atoms with Crippen LogP contribution in [0.25, 0.3) is 0 Å². The van der Waals surface area contributed by atoms with E-state index in [-0.39, 0.29) is 17.3 Å². The minimum Gasteiger partial charge on any atom is -0.207 e. The van der Waals surface area contributed by atoms with Crippen LogP contribution in [-0.4, -0.2) is 8.42 Å². The summed E-state index contributed by atoms with van der Waals surface area (Å²) in [6.07, 6.45) is 0. The molecule has 0 spiro atoms. The van der Waals surface area contributed by atoms with E-state index < -0.39 is 10.0 Å². The number of sulfonamides is 1. The van der Waals surface area contributed by atoms with E-state index in [1.54, 1.807) is 31.2 Å². The number of hydrogen-bond acceptors (Lipinski definition) is 2. The third-order valence-corrected chi connectivity index (χ3v) is 4.43. The highest BCUT2D eigenvalue weighted by Crippen LogP contribution is 2.16. The van der Waals surface area contributed by atoms with Crippen molar-refractivity contribution in [3.8, 4) is 0 Å². The fourth-order valence-corrected chi connectivity index (χ4v) is 3.03. The van der Waals surface area contributed by atoms with Gasteiger partial charge in [-0.1, -0.05) is 29.8 Å². The first-order valence-electron chi connectivity index (χ1n) is 5.89. The molecular weight excluding hydrogens is 301 g/mol. The van der Waals surface area contributed by atoms with Gasteiger partial charge in [0, 0.05) is 11.6 Å². The number of rotatable bonds is 4. The van der Waals surface area contributed by atoms with Crippen molar-refractivity contribution in [3.05, 3.63) is 64.4 Å². The third kappa shape index (κ3) is 3.56. The molecule has 0 bridgehead atoms. The lowest BCUT2D eigenvalue weighted by Crippen LogP contribution is -2.23. The Kier molecular flexibility index (Phi) is 4.42. The first-order valence-corrected chi connectivity index (χ1v) is 7.75. The van der Waals surface area contributed by atoms with Crippen LogP contribution >= 0.6 is 11.6 Å². The predicted octanol–water partition coefficient (Wildman–Crippen LogP) is 3.27. The van der Waals surface area contributed by atoms with Gasteiger partial charge in [-0.05, 0) is 42.3 Å². The maximum absolute atomic E-state index is 13.1. The van der Waals surface area contributed by atoms with Crippen LogP contribution in [-0.2, 0) is 16.6 Å². The molecule has 0 aliphatic carbocycles. The van der Waals surface area contributed by atoms with Crippen molar-refractivity contribution in [3.63, 3.8) is 0 Å². The first-order chi connectivity index (χ1) is 9.38. The smallest absolute Gasteiger partial charge is 0.207 e. The number of benzene rings is 2. The molecule has 0 radical (unpaired) electrons. The summed E-state index contributed by atoms with van der Waals surface area (Å²) in [4.78, 5) is 0.101. The highest BCUT2D eigenvalue weighted by atomic mass is 35.5. The molecule has 0 saturated heterocycles. The fourth-order valence-electron chi connectivity index (χ4n) is 1.71. The van der Waals surface area contributed by atoms with Crippen molar-refractivity contribution >= 4 is 21.6 Å². The molecule has 2 aromatic carbocycles. The summed E-state index contributed by atoms with van der Waals surface area (Å²) in [5.41, 5.74) is 1.17. The Morgan fingerprint density at radius 1 is 1.20 bits per heavy atom. The molecule has 0 heterocycles. The van der Waals surface area contributed by atoms with Crippen LogP contribution in [0.1, 0.15) is 11.1 Å². The Labute approximate surface area is 122 Å². The Balaban J connectivity index is 2.15. The molecule has 0 aliphatic heterocycles. The summed E-state index contributed by atoms with van der Waals surface area (Å²) in [5, 5.41) is 0.352. The SMILES string of the molecule is Cc1cc(CNS(=O)(=O)c2cccc(Cl)c2)ccc1F. The van der Waals surface area contributed by atoms with E-state index in [1.165, 1.54) is 18.2 Å². The maximum atomic E-state index is 13.1. The van der Waals surface area contributed by atoms with E-state index >= 15 is 0 Å². The molecule has 2 rings (SSSR count). The molecule has 0 aromatic heterocycles. The largest absolute Gasteiger partial charge is 0.240 e. The summed E-state index contributed by atoms with van der Waals surface area (Å²) < 4.78 is 39.7. The average Bonchev–Trinajstić information content (AvgIpc) is 2.40. The van der Waals surface area contributed by atoms with Gasteiger partial charge in [0.1, 0.15) is 5.82 Å². The molecule has 3 nitrogen and oxygen atoms in total. The van der Waals surface area contributed by atoms with Gasteiger partial charge in [-0.25, -0.2) is 17.5 Å². The normalized spacial score (nSPS) is 11.6. The average molecular weight is 314 g/mol. The van der Waals surface area contributed by atoms with Crippen LogP contribution in [0, 0.1) is 12.7 Å². The van der Waals surface area contributed by atoms with Gasteiger partial charge in [0.2, 0.25) is 10.0 Å². The molecule has 0 fully saturated rings. The van der Waals surface area contributed by atoms with E-state index in [2.05, 4.69) is 4.72 Å². The monoisotopic (exact) mass is 313 g/mol. The molecule has 0 saturated carbocycles. The summed E-state index contributed by atoms with van der Waals surface area (Å²) in [6, 6.07) is 10.5. The fraction of sp³-hybridized carbons (Fsp3) is 0.143. The molecule has 0 atom stereocenters. The van der Waals surface area contributed by atoms with Crippen LogP contribution in [0.4, 0.5) is 4.39 Å². The highest BCUT2D eigenvalue weighted by Gasteiger charge is 2.14. The van der Waals surface area contributed by atoms with Crippen molar-refractivity contribution in [2.24, 2.45) is 0 Å². The lowest BCUT2D eigenvalue weighted by Gasteiger charge is -2.08. The quantitative estimate of drug-likeness (QED) is 0.941. The number of hydrogen-bond donors (Lipinski definition) is 1. The molecule has 0 amide bonds. The minimum atomic E-state index is -3.63. The molecule has 2 aromatic rings. The molecule has 20 heavy (non-hydrogen) atoms. The molecule has 0 aliphatic rings. The second-order valence-corrected chi connectivity index (χ2v) is 6.57. The van der Waals surface area contributed by atoms with Crippen LogP contribution in [0.15, 0.2) is 47.4 Å². The molecule has 0 unspecified atom stereocenters. The summed E-state index contributed by atoms with van der Waals surface area (Å²) in [6.45, 7) is 1.72. The molecular formula is C14H13ClFNO2S. The van der Waals surface area contributed by atoms with Crippen LogP contribution in [0.2, 0.25) is 5.02 Å². The first kappa shape index (κ1) is 15.0. The van der Waals surface area contributed by atoms with Crippen molar-refractivity contribution in [1.82, 2.24) is 4.72 Å². The summed E-state index contributed by atoms with van der Waals surface area (Å²) >= 11 is 5.77. The van der Waals surface area contributed by atoms with Crippen molar-refractivity contribution < 1.29 is 12.8 Å². The van der Waals surface area contributed by atoms with Crippen LogP contribution < -0.4 is 4.72 Å². The number of aryl methyl sites for hydroxylation is 1. The van der Waals surface area contributed by atoms with Gasteiger partial charge in [0.15, 0.2) is 0 Å². The predicted molar refractivity (Wildman–Crippen MR) is 76.6 cm³/mol. The van der Waals surface area contributed by atoms with E-state index in [0.29, 0.717) is 16.1 Å². The van der Waals surface area contributed by atoms with E-state index in [4.69, 9.17) is 11.6 Å². The van der Waals surface area contributed by atoms with Gasteiger partial charge in [-0.2, -0.15) is 0 Å². The Hall–Kier alpha value is -1.43. The Morgan fingerprint density at radius 3 is 2.60 bits per heavy atom. The van der Waals surface area contributed by atoms with Crippen molar-refractivity contribution in [1.29, 1.82) is 0 Å². The van der Waals surface area contributed by atoms with Crippen LogP contribution in [0.5, 0.6) is 0 Å². The number of halogens is 2. The second-order valence-electron chi connectivity index (χ2n) is 4.37. The lowest BCUT2D eigenvalue weighted by atomic mass is 10.1. The van der Waals surface area contributed by atoms with Crippen LogP contribution in [0.3, 0.4) is 0 Å². The van der Waals surface area contributed by atoms with Crippen molar-refractivity contribution in [2.75, 3.05) is 0 Å². The van der Waals surface area contributed by atoms with Gasteiger partial charge < -0.3 is 0 Å². The van der Waals surface area contributed by atoms with Gasteiger partial charge in [-0.15, -0.1) is 0 Å². The Morgan fingerprint density at radius 2 is 1.95 bits per heavy atom. The van der Waals surface area contributed by atoms with E-state index in [1.807, 2.05) is 0 Å². The zero-order chi connectivity index (χ0) is 14.8. The zero-order valence-corrected chi connectivity index (χ0v) is 12.3. The molecule has 6 heteroatoms.